The second-order valence-electron chi connectivity index (χ2n) is 32.8. The maximum absolute atomic E-state index is 2.72. The predicted molar refractivity (Wildman–Crippen MR) is 455 cm³/mol. The van der Waals surface area contributed by atoms with Gasteiger partial charge in [0.2, 0.25) is 0 Å². The second-order valence-corrected chi connectivity index (χ2v) is 32.8. The summed E-state index contributed by atoms with van der Waals surface area (Å²) in [6.45, 7) is 21.1. The van der Waals surface area contributed by atoms with Gasteiger partial charge in [-0.3, -0.25) is 0 Å². The van der Waals surface area contributed by atoms with Crippen LogP contribution in [0.25, 0.3) is 94.3 Å². The van der Waals surface area contributed by atoms with Gasteiger partial charge in [-0.15, -0.1) is 0 Å². The fraction of sp³-hybridized carbons (Fsp3) is 0.126. The van der Waals surface area contributed by atoms with Crippen LogP contribution in [0.3, 0.4) is 0 Å². The number of fused-ring (bicyclic) bond motifs is 10. The molecule has 0 atom stereocenters. The number of hydrogen-bond acceptors (Lipinski definition) is 2. The van der Waals surface area contributed by atoms with Crippen LogP contribution in [0.4, 0.5) is 34.1 Å². The number of nitrogens with zero attached hydrogens (tertiary/aromatic N) is 3. The first-order valence-electron chi connectivity index (χ1n) is 38.0. The van der Waals surface area contributed by atoms with Crippen molar-refractivity contribution in [2.75, 3.05) is 9.80 Å². The maximum atomic E-state index is 2.72. The van der Waals surface area contributed by atoms with Crippen LogP contribution in [-0.2, 0) is 21.7 Å². The Morgan fingerprint density at radius 3 is 1.16 bits per heavy atom. The minimum absolute atomic E-state index is 0.0930. The summed E-state index contributed by atoms with van der Waals surface area (Å²) >= 11 is 0. The Hall–Kier alpha value is -12.2. The molecule has 3 aliphatic rings. The standard InChI is InChI=1S/C103H84BN3/c1-100(2,3)75-58-72(59-76(61-75)101(4,5)6)71-54-56-89-93(60-71)106(98-79(67-34-16-10-17-35-67)48-32-49-80(98)68-36-18-11-19-37-68)95-62-77(102(7,8)9)63-96-97(95)104(89)90-57-55-78(64-94(90)107(96)99-81(69-38-20-12-21-39-69)50-33-51-82(99)70-40-22-13-23-41-70)105-91-53-31-29-47-84(91)86-65-85-83-46-28-30-52-87(83)103(88(85)66-92(86)105,73-42-24-14-25-43-73)74-44-26-15-27-45-74/h10-66H,1-9H3. The molecule has 0 saturated heterocycles. The van der Waals surface area contributed by atoms with Crippen molar-refractivity contribution < 1.29 is 0 Å². The highest BCUT2D eigenvalue weighted by Crippen LogP contribution is 2.59. The molecule has 16 aromatic rings. The van der Waals surface area contributed by atoms with Gasteiger partial charge >= 0.3 is 0 Å². The molecule has 1 aromatic heterocycles. The molecule has 107 heavy (non-hydrogen) atoms. The SMILES string of the molecule is CC(C)(C)c1cc(-c2ccc3c(c2)N(c2c(-c4ccccc4)cccc2-c2ccccc2)c2cc(C(C)(C)C)cc4c2B3c2ccc(-n3c5ccccc5c5cc6c(cc53)C(c3ccccc3)(c3ccccc3)c3ccccc3-6)cc2N4c2c(-c3ccccc3)cccc2-c2ccccc2)cc(C(C)(C)C)c1. The number of aromatic nitrogens is 1. The van der Waals surface area contributed by atoms with Crippen LogP contribution >= 0.6 is 0 Å². The van der Waals surface area contributed by atoms with Gasteiger partial charge in [-0.2, -0.15) is 0 Å². The highest BCUT2D eigenvalue weighted by Gasteiger charge is 2.49. The normalized spacial score (nSPS) is 13.5. The molecule has 0 saturated carbocycles. The lowest BCUT2D eigenvalue weighted by Crippen LogP contribution is -2.61. The van der Waals surface area contributed by atoms with Gasteiger partial charge in [-0.25, -0.2) is 0 Å². The van der Waals surface area contributed by atoms with Crippen molar-refractivity contribution in [3.63, 3.8) is 0 Å². The van der Waals surface area contributed by atoms with Crippen molar-refractivity contribution in [1.82, 2.24) is 4.57 Å². The van der Waals surface area contributed by atoms with Gasteiger partial charge in [-0.05, 0) is 165 Å². The van der Waals surface area contributed by atoms with E-state index in [0.29, 0.717) is 0 Å². The zero-order chi connectivity index (χ0) is 72.7. The summed E-state index contributed by atoms with van der Waals surface area (Å²) in [5.74, 6) is 0. The average Bonchev–Trinajstić information content (AvgIpc) is 1.65. The van der Waals surface area contributed by atoms with Crippen LogP contribution < -0.4 is 26.2 Å². The van der Waals surface area contributed by atoms with Crippen LogP contribution in [-0.4, -0.2) is 11.3 Å². The third kappa shape index (κ3) is 10.5. The monoisotopic (exact) mass is 1370 g/mol. The van der Waals surface area contributed by atoms with E-state index in [1.54, 1.807) is 0 Å². The quantitative estimate of drug-likeness (QED) is 0.126. The van der Waals surface area contributed by atoms with Crippen molar-refractivity contribution >= 4 is 79.0 Å². The number of hydrogen-bond donors (Lipinski definition) is 0. The van der Waals surface area contributed by atoms with E-state index in [1.165, 1.54) is 88.4 Å². The molecule has 3 nitrogen and oxygen atoms in total. The summed E-state index contributed by atoms with van der Waals surface area (Å²) in [5, 5.41) is 2.43. The first-order valence-corrected chi connectivity index (χ1v) is 38.0. The molecule has 514 valence electrons. The Morgan fingerprint density at radius 2 is 0.673 bits per heavy atom. The Kier molecular flexibility index (Phi) is 15.3. The third-order valence-corrected chi connectivity index (χ3v) is 23.3. The van der Waals surface area contributed by atoms with Gasteiger partial charge in [0.25, 0.3) is 6.71 Å². The number of para-hydroxylation sites is 3. The van der Waals surface area contributed by atoms with Gasteiger partial charge in [0.1, 0.15) is 0 Å². The molecule has 0 amide bonds. The molecular weight excluding hydrogens is 1290 g/mol. The van der Waals surface area contributed by atoms with Crippen LogP contribution in [0.5, 0.6) is 0 Å². The zero-order valence-corrected chi connectivity index (χ0v) is 62.3. The number of benzene rings is 15. The van der Waals surface area contributed by atoms with E-state index in [1.807, 2.05) is 0 Å². The molecule has 15 aromatic carbocycles. The number of rotatable bonds is 10. The van der Waals surface area contributed by atoms with Crippen molar-refractivity contribution in [1.29, 1.82) is 0 Å². The van der Waals surface area contributed by atoms with E-state index in [0.717, 1.165) is 95.4 Å². The van der Waals surface area contributed by atoms with E-state index >= 15 is 0 Å². The average molecular weight is 1370 g/mol. The lowest BCUT2D eigenvalue weighted by molar-refractivity contribution is 0.569. The van der Waals surface area contributed by atoms with Crippen molar-refractivity contribution in [2.45, 2.75) is 84.0 Å². The highest BCUT2D eigenvalue weighted by atomic mass is 15.2. The largest absolute Gasteiger partial charge is 0.310 e. The molecule has 4 heteroatoms. The highest BCUT2D eigenvalue weighted by molar-refractivity contribution is 7.00. The summed E-state index contributed by atoms with van der Waals surface area (Å²) < 4.78 is 2.59. The summed E-state index contributed by atoms with van der Waals surface area (Å²) in [6.07, 6.45) is 0. The minimum atomic E-state index is -0.604. The van der Waals surface area contributed by atoms with Crippen LogP contribution in [0.1, 0.15) is 101 Å². The molecule has 0 radical (unpaired) electrons. The van der Waals surface area contributed by atoms with Gasteiger partial charge in [0.15, 0.2) is 0 Å². The summed E-state index contributed by atoms with van der Waals surface area (Å²) in [7, 11) is 0. The first-order chi connectivity index (χ1) is 52.0. The Morgan fingerprint density at radius 1 is 0.262 bits per heavy atom. The predicted octanol–water partition coefficient (Wildman–Crippen LogP) is 25.5. The molecule has 0 spiro atoms. The van der Waals surface area contributed by atoms with Gasteiger partial charge in [0, 0.05) is 61.5 Å². The smallest absolute Gasteiger partial charge is 0.252 e. The molecule has 1 aliphatic carbocycles. The van der Waals surface area contributed by atoms with Crippen LogP contribution in [0.2, 0.25) is 0 Å². The van der Waals surface area contributed by atoms with E-state index < -0.39 is 5.41 Å². The first kappa shape index (κ1) is 65.5. The van der Waals surface area contributed by atoms with Gasteiger partial charge in [-0.1, -0.05) is 360 Å². The van der Waals surface area contributed by atoms with E-state index in [9.17, 15) is 0 Å². The van der Waals surface area contributed by atoms with E-state index in [4.69, 9.17) is 0 Å². The zero-order valence-electron chi connectivity index (χ0n) is 62.3. The van der Waals surface area contributed by atoms with Crippen molar-refractivity contribution in [2.24, 2.45) is 0 Å². The van der Waals surface area contributed by atoms with Crippen molar-refractivity contribution in [3.8, 4) is 72.4 Å². The molecule has 0 N–H and O–H groups in total. The third-order valence-electron chi connectivity index (χ3n) is 23.3. The Balaban J connectivity index is 0.960. The lowest BCUT2D eigenvalue weighted by atomic mass is 9.33. The summed E-state index contributed by atoms with van der Waals surface area (Å²) in [4.78, 5) is 5.43. The van der Waals surface area contributed by atoms with Gasteiger partial charge < -0.3 is 14.4 Å². The van der Waals surface area contributed by atoms with Gasteiger partial charge in [0.05, 0.1) is 27.8 Å². The molecule has 0 bridgehead atoms. The summed E-state index contributed by atoms with van der Waals surface area (Å²) in [5.41, 5.74) is 36.0. The molecule has 0 fully saturated rings. The van der Waals surface area contributed by atoms with Crippen LogP contribution in [0, 0.1) is 0 Å². The van der Waals surface area contributed by atoms with Crippen LogP contribution in [0.15, 0.2) is 346 Å². The molecule has 3 heterocycles. The second kappa shape index (κ2) is 25.0. The van der Waals surface area contributed by atoms with E-state index in [-0.39, 0.29) is 23.0 Å². The topological polar surface area (TPSA) is 11.4 Å². The Labute approximate surface area is 630 Å². The summed E-state index contributed by atoms with van der Waals surface area (Å²) in [6, 6.07) is 132. The fourth-order valence-electron chi connectivity index (χ4n) is 18.0. The Bertz CT molecular complexity index is 5990. The molecule has 19 rings (SSSR count). The van der Waals surface area contributed by atoms with E-state index in [2.05, 4.69) is 422 Å². The molecular formula is C103H84BN3. The number of anilines is 6. The minimum Gasteiger partial charge on any atom is -0.310 e. The maximum Gasteiger partial charge on any atom is 0.252 e. The van der Waals surface area contributed by atoms with Crippen molar-refractivity contribution in [3.05, 3.63) is 385 Å². The molecule has 2 aliphatic heterocycles. The lowest BCUT2D eigenvalue weighted by Gasteiger charge is -2.46. The molecule has 0 unspecified atom stereocenters. The fourth-order valence-corrected chi connectivity index (χ4v) is 18.0.